The maximum Gasteiger partial charge on any atom is 0.179 e. The maximum absolute atomic E-state index is 6.26. The number of pyridine rings is 2. The number of aromatic nitrogens is 5. The van der Waals surface area contributed by atoms with Gasteiger partial charge in [-0.05, 0) is 37.0 Å². The number of nitrogens with zero attached hydrogens (tertiary/aromatic N) is 6. The molecule has 2 atom stereocenters. The standard InChI is InChI=1S/C22H21ClN8S2/c1-11-9-32-21(28-11)22(10-24)12-7-31(8-13(12)22)16-6-27-20-14(29-16)2-3-17(30-20)33-15-4-5-26-19(25)18(15)23/h2-6,9,12-13H,7-8,10,24H2,1H3,(H2,25,26). The summed E-state index contributed by atoms with van der Waals surface area (Å²) in [4.78, 5) is 25.9. The Morgan fingerprint density at radius 3 is 2.73 bits per heavy atom. The smallest absolute Gasteiger partial charge is 0.179 e. The first-order valence-corrected chi connectivity index (χ1v) is 12.7. The predicted octanol–water partition coefficient (Wildman–Crippen LogP) is 3.53. The molecule has 33 heavy (non-hydrogen) atoms. The van der Waals surface area contributed by atoms with Crippen LogP contribution in [0.4, 0.5) is 11.6 Å². The minimum absolute atomic E-state index is 0.0327. The highest BCUT2D eigenvalue weighted by Gasteiger charge is 2.69. The van der Waals surface area contributed by atoms with Gasteiger partial charge in [0.15, 0.2) is 5.65 Å². The van der Waals surface area contributed by atoms with Crippen LogP contribution < -0.4 is 16.4 Å². The van der Waals surface area contributed by atoms with Crippen molar-refractivity contribution < 1.29 is 0 Å². The highest BCUT2D eigenvalue weighted by atomic mass is 35.5. The molecule has 4 aromatic heterocycles. The van der Waals surface area contributed by atoms with Gasteiger partial charge in [0, 0.05) is 47.2 Å². The summed E-state index contributed by atoms with van der Waals surface area (Å²) < 4.78 is 0. The first kappa shape index (κ1) is 21.0. The molecule has 0 amide bonds. The zero-order valence-electron chi connectivity index (χ0n) is 17.8. The van der Waals surface area contributed by atoms with Crippen LogP contribution in [0.5, 0.6) is 0 Å². The Balaban J connectivity index is 1.20. The number of rotatable bonds is 5. The fraction of sp³-hybridized carbons (Fsp3) is 0.318. The topological polar surface area (TPSA) is 120 Å². The third-order valence-corrected chi connectivity index (χ3v) is 9.33. The molecular formula is C22H21ClN8S2. The average Bonchev–Trinajstić information content (AvgIpc) is 3.15. The lowest BCUT2D eigenvalue weighted by atomic mass is 10.0. The van der Waals surface area contributed by atoms with Gasteiger partial charge in [0.2, 0.25) is 0 Å². The van der Waals surface area contributed by atoms with Gasteiger partial charge in [-0.15, -0.1) is 11.3 Å². The van der Waals surface area contributed by atoms with E-state index in [0.717, 1.165) is 40.0 Å². The van der Waals surface area contributed by atoms with E-state index in [1.807, 2.05) is 31.3 Å². The van der Waals surface area contributed by atoms with E-state index < -0.39 is 0 Å². The second-order valence-electron chi connectivity index (χ2n) is 8.49. The quantitative estimate of drug-likeness (QED) is 0.427. The van der Waals surface area contributed by atoms with Gasteiger partial charge in [0.1, 0.15) is 27.2 Å². The fourth-order valence-electron chi connectivity index (χ4n) is 4.92. The monoisotopic (exact) mass is 496 g/mol. The molecule has 5 heterocycles. The molecule has 4 N–H and O–H groups in total. The fourth-order valence-corrected chi connectivity index (χ4v) is 7.10. The molecule has 168 valence electrons. The first-order chi connectivity index (χ1) is 16.0. The Bertz CT molecular complexity index is 1360. The van der Waals surface area contributed by atoms with Crippen molar-refractivity contribution in [3.63, 3.8) is 0 Å². The molecule has 2 aliphatic rings. The van der Waals surface area contributed by atoms with E-state index in [1.165, 1.54) is 16.8 Å². The molecule has 1 saturated carbocycles. The summed E-state index contributed by atoms with van der Waals surface area (Å²) >= 11 is 9.42. The highest BCUT2D eigenvalue weighted by Crippen LogP contribution is 2.63. The molecule has 2 unspecified atom stereocenters. The number of nitrogens with two attached hydrogens (primary N) is 2. The van der Waals surface area contributed by atoms with E-state index in [2.05, 4.69) is 25.2 Å². The van der Waals surface area contributed by atoms with Crippen LogP contribution in [0.2, 0.25) is 5.02 Å². The summed E-state index contributed by atoms with van der Waals surface area (Å²) in [5.74, 6) is 2.21. The molecular weight excluding hydrogens is 476 g/mol. The van der Waals surface area contributed by atoms with Gasteiger partial charge in [-0.3, -0.25) is 0 Å². The molecule has 11 heteroatoms. The summed E-state index contributed by atoms with van der Waals surface area (Å²) in [7, 11) is 0. The Morgan fingerprint density at radius 1 is 1.18 bits per heavy atom. The van der Waals surface area contributed by atoms with Crippen molar-refractivity contribution >= 4 is 57.5 Å². The zero-order chi connectivity index (χ0) is 22.7. The van der Waals surface area contributed by atoms with Crippen molar-refractivity contribution in [2.75, 3.05) is 30.3 Å². The summed E-state index contributed by atoms with van der Waals surface area (Å²) in [6.07, 6.45) is 3.44. The molecule has 8 nitrogen and oxygen atoms in total. The first-order valence-electron chi connectivity index (χ1n) is 10.6. The minimum atomic E-state index is 0.0327. The normalized spacial score (nSPS) is 23.8. The van der Waals surface area contributed by atoms with Crippen molar-refractivity contribution in [3.05, 3.63) is 51.7 Å². The third-order valence-electron chi connectivity index (χ3n) is 6.67. The van der Waals surface area contributed by atoms with E-state index in [-0.39, 0.29) is 5.41 Å². The van der Waals surface area contributed by atoms with Crippen molar-refractivity contribution in [2.45, 2.75) is 22.3 Å². The molecule has 0 aromatic carbocycles. The summed E-state index contributed by atoms with van der Waals surface area (Å²) in [6, 6.07) is 5.68. The van der Waals surface area contributed by atoms with Gasteiger partial charge in [0.05, 0.1) is 11.2 Å². The number of nitrogen functional groups attached to an aromatic ring is 1. The van der Waals surface area contributed by atoms with Crippen molar-refractivity contribution in [1.29, 1.82) is 0 Å². The second kappa shape index (κ2) is 7.76. The lowest BCUT2D eigenvalue weighted by Crippen LogP contribution is -2.35. The van der Waals surface area contributed by atoms with Crippen LogP contribution in [0, 0.1) is 18.8 Å². The number of thiazole rings is 1. The van der Waals surface area contributed by atoms with E-state index in [9.17, 15) is 0 Å². The number of halogens is 1. The van der Waals surface area contributed by atoms with Gasteiger partial charge in [-0.25, -0.2) is 24.9 Å². The average molecular weight is 497 g/mol. The maximum atomic E-state index is 6.26. The number of anilines is 2. The molecule has 0 bridgehead atoms. The van der Waals surface area contributed by atoms with Gasteiger partial charge in [-0.2, -0.15) is 0 Å². The van der Waals surface area contributed by atoms with Gasteiger partial charge >= 0.3 is 0 Å². The summed E-state index contributed by atoms with van der Waals surface area (Å²) in [6.45, 7) is 4.52. The van der Waals surface area contributed by atoms with Crippen LogP contribution in [0.1, 0.15) is 10.7 Å². The van der Waals surface area contributed by atoms with Crippen LogP contribution in [-0.4, -0.2) is 44.6 Å². The van der Waals surface area contributed by atoms with E-state index in [4.69, 9.17) is 33.0 Å². The Hall–Kier alpha value is -2.53. The van der Waals surface area contributed by atoms with E-state index >= 15 is 0 Å². The Kier molecular flexibility index (Phi) is 4.95. The molecule has 1 saturated heterocycles. The molecule has 1 aliphatic heterocycles. The molecule has 1 aliphatic carbocycles. The Labute approximate surface area is 203 Å². The van der Waals surface area contributed by atoms with E-state index in [1.54, 1.807) is 17.5 Å². The number of hydrogen-bond donors (Lipinski definition) is 2. The predicted molar refractivity (Wildman–Crippen MR) is 132 cm³/mol. The van der Waals surface area contributed by atoms with Gasteiger partial charge < -0.3 is 16.4 Å². The number of aryl methyl sites for hydroxylation is 1. The van der Waals surface area contributed by atoms with Crippen LogP contribution >= 0.6 is 34.7 Å². The lowest BCUT2D eigenvalue weighted by Gasteiger charge is -2.25. The second-order valence-corrected chi connectivity index (χ2v) is 10.8. The van der Waals surface area contributed by atoms with Crippen LogP contribution in [0.25, 0.3) is 11.2 Å². The van der Waals surface area contributed by atoms with Gasteiger partial charge in [0.25, 0.3) is 0 Å². The highest BCUT2D eigenvalue weighted by molar-refractivity contribution is 7.99. The van der Waals surface area contributed by atoms with Crippen LogP contribution in [-0.2, 0) is 5.41 Å². The molecule has 4 aromatic rings. The molecule has 0 radical (unpaired) electrons. The molecule has 0 spiro atoms. The van der Waals surface area contributed by atoms with Crippen molar-refractivity contribution in [1.82, 2.24) is 24.9 Å². The van der Waals surface area contributed by atoms with Gasteiger partial charge in [-0.1, -0.05) is 23.4 Å². The van der Waals surface area contributed by atoms with Crippen molar-refractivity contribution in [2.24, 2.45) is 17.6 Å². The molecule has 2 fully saturated rings. The lowest BCUT2D eigenvalue weighted by molar-refractivity contribution is 0.549. The Morgan fingerprint density at radius 2 is 2.00 bits per heavy atom. The molecule has 6 rings (SSSR count). The van der Waals surface area contributed by atoms with Crippen molar-refractivity contribution in [3.8, 4) is 0 Å². The van der Waals surface area contributed by atoms with Crippen LogP contribution in [0.15, 0.2) is 45.9 Å². The number of fused-ring (bicyclic) bond motifs is 2. The van der Waals surface area contributed by atoms with E-state index in [0.29, 0.717) is 34.9 Å². The largest absolute Gasteiger partial charge is 0.382 e. The summed E-state index contributed by atoms with van der Waals surface area (Å²) in [5, 5.41) is 4.50. The summed E-state index contributed by atoms with van der Waals surface area (Å²) in [5.41, 5.74) is 14.5. The SMILES string of the molecule is Cc1csc(C2(CN)C3CN(c4cnc5nc(Sc6ccnc(N)c6Cl)ccc5n4)CC32)n1. The number of piperidine rings is 1. The third kappa shape index (κ3) is 3.35. The zero-order valence-corrected chi connectivity index (χ0v) is 20.2. The number of hydrogen-bond acceptors (Lipinski definition) is 10. The van der Waals surface area contributed by atoms with Crippen LogP contribution in [0.3, 0.4) is 0 Å². The minimum Gasteiger partial charge on any atom is -0.382 e.